The molecule has 0 aliphatic heterocycles. The minimum atomic E-state index is 0. The van der Waals surface area contributed by atoms with Gasteiger partial charge in [0, 0.05) is 0 Å². The van der Waals surface area contributed by atoms with Crippen molar-refractivity contribution in [2.45, 2.75) is 0 Å². The van der Waals surface area contributed by atoms with Crippen LogP contribution >= 0.6 is 12.4 Å². The Morgan fingerprint density at radius 3 is 1.75 bits per heavy atom. The van der Waals surface area contributed by atoms with E-state index in [-0.39, 0.29) is 12.4 Å². The zero-order chi connectivity index (χ0) is 2.71. The van der Waals surface area contributed by atoms with Gasteiger partial charge in [-0.15, -0.1) is 12.4 Å². The van der Waals surface area contributed by atoms with Crippen molar-refractivity contribution < 1.29 is 10.7 Å². The fourth-order valence-electron chi connectivity index (χ4n) is 0. The molecule has 0 radical (unpaired) electrons. The van der Waals surface area contributed by atoms with Gasteiger partial charge in [0.2, 0.25) is 0 Å². The summed E-state index contributed by atoms with van der Waals surface area (Å²) in [5.41, 5.74) is 0. The van der Waals surface area contributed by atoms with Crippen LogP contribution in [0.15, 0.2) is 0 Å². The van der Waals surface area contributed by atoms with Crippen molar-refractivity contribution in [1.29, 1.82) is 0 Å². The van der Waals surface area contributed by atoms with Crippen LogP contribution in [0.1, 0.15) is 0 Å². The van der Waals surface area contributed by atoms with Gasteiger partial charge in [-0.25, -0.2) is 10.7 Å². The van der Waals surface area contributed by atoms with Gasteiger partial charge >= 0.3 is 0 Å². The van der Waals surface area contributed by atoms with E-state index in [9.17, 15) is 0 Å². The van der Waals surface area contributed by atoms with E-state index in [4.69, 9.17) is 0 Å². The standard InChI is InChI=1S/CH6NO.ClH/c1-3-2;/h1-2H3;1H/q+1;. The number of hydrogen-bond acceptors (Lipinski definition) is 1. The fourth-order valence-corrected chi connectivity index (χ4v) is 0. The molecule has 0 aliphatic carbocycles. The summed E-state index contributed by atoms with van der Waals surface area (Å²) in [7, 11) is 1.51. The summed E-state index contributed by atoms with van der Waals surface area (Å²) < 4.78 is 0. The monoisotopic (exact) mass is 84.0 g/mol. The van der Waals surface area contributed by atoms with Crippen LogP contribution in [-0.4, -0.2) is 7.11 Å². The molecule has 0 bridgehead atoms. The molecule has 0 aromatic heterocycles. The number of rotatable bonds is 0. The van der Waals surface area contributed by atoms with Gasteiger partial charge in [-0.2, -0.15) is 0 Å². The van der Waals surface area contributed by atoms with Crippen LogP contribution < -0.4 is 5.90 Å². The Balaban J connectivity index is 0. The third kappa shape index (κ3) is 73.4. The summed E-state index contributed by atoms with van der Waals surface area (Å²) in [4.78, 5) is 4.00. The first kappa shape index (κ1) is 8.88. The highest BCUT2D eigenvalue weighted by Gasteiger charge is 1.29. The van der Waals surface area contributed by atoms with Crippen LogP contribution in [0.3, 0.4) is 0 Å². The molecule has 0 amide bonds. The maximum absolute atomic E-state index is 4.00. The van der Waals surface area contributed by atoms with E-state index < -0.39 is 0 Å². The van der Waals surface area contributed by atoms with Gasteiger partial charge in [-0.3, -0.25) is 0 Å². The van der Waals surface area contributed by atoms with E-state index in [1.807, 2.05) is 0 Å². The van der Waals surface area contributed by atoms with Crippen LogP contribution in [0.2, 0.25) is 0 Å². The summed E-state index contributed by atoms with van der Waals surface area (Å²) in [6.45, 7) is 0. The van der Waals surface area contributed by atoms with Crippen LogP contribution in [0.4, 0.5) is 0 Å². The SMILES string of the molecule is CO[NH3+].Cl. The van der Waals surface area contributed by atoms with Gasteiger partial charge in [0.05, 0.1) is 7.11 Å². The average molecular weight is 84.5 g/mol. The molecule has 0 saturated heterocycles. The molecule has 3 N–H and O–H groups in total. The smallest absolute Gasteiger partial charge is 0.0951 e. The molecule has 4 heavy (non-hydrogen) atoms. The van der Waals surface area contributed by atoms with Crippen molar-refractivity contribution in [2.75, 3.05) is 7.11 Å². The maximum atomic E-state index is 4.00. The van der Waals surface area contributed by atoms with Crippen LogP contribution in [0, 0.1) is 0 Å². The molecular formula is CH7ClNO+. The summed E-state index contributed by atoms with van der Waals surface area (Å²) in [6.07, 6.45) is 0. The zero-order valence-corrected chi connectivity index (χ0v) is 3.34. The second kappa shape index (κ2) is 10.7. The van der Waals surface area contributed by atoms with Gasteiger partial charge < -0.3 is 0 Å². The summed E-state index contributed by atoms with van der Waals surface area (Å²) in [5, 5.41) is 0. The van der Waals surface area contributed by atoms with E-state index in [2.05, 4.69) is 10.7 Å². The summed E-state index contributed by atoms with van der Waals surface area (Å²) >= 11 is 0. The Kier molecular flexibility index (Phi) is 23.8. The topological polar surface area (TPSA) is 36.9 Å². The fraction of sp³-hybridized carbons (Fsp3) is 1.00. The van der Waals surface area contributed by atoms with Gasteiger partial charge in [0.1, 0.15) is 0 Å². The van der Waals surface area contributed by atoms with Gasteiger partial charge in [0.25, 0.3) is 0 Å². The normalized spacial score (nSPS) is 4.50. The third-order valence-electron chi connectivity index (χ3n) is 0. The highest BCUT2D eigenvalue weighted by Crippen LogP contribution is 1.06. The van der Waals surface area contributed by atoms with E-state index in [1.54, 1.807) is 0 Å². The van der Waals surface area contributed by atoms with E-state index in [0.717, 1.165) is 0 Å². The van der Waals surface area contributed by atoms with Crippen molar-refractivity contribution in [3.8, 4) is 0 Å². The quantitative estimate of drug-likeness (QED) is 0.384. The summed E-state index contributed by atoms with van der Waals surface area (Å²) in [6, 6.07) is 0. The number of hydrogen-bond donors (Lipinski definition) is 1. The molecule has 0 atom stereocenters. The van der Waals surface area contributed by atoms with E-state index in [1.165, 1.54) is 7.11 Å². The number of halogens is 1. The van der Waals surface area contributed by atoms with Crippen molar-refractivity contribution in [3.63, 3.8) is 0 Å². The molecule has 0 spiro atoms. The first-order valence-electron chi connectivity index (χ1n) is 0.697. The van der Waals surface area contributed by atoms with Gasteiger partial charge in [-0.1, -0.05) is 0 Å². The van der Waals surface area contributed by atoms with Crippen molar-refractivity contribution in [2.24, 2.45) is 0 Å². The molecule has 0 rings (SSSR count). The molecule has 0 aliphatic rings. The molecule has 0 unspecified atom stereocenters. The third-order valence-corrected chi connectivity index (χ3v) is 0. The molecule has 28 valence electrons. The lowest BCUT2D eigenvalue weighted by molar-refractivity contribution is -0.679. The largest absolute Gasteiger partial charge is 0.213 e. The highest BCUT2D eigenvalue weighted by molar-refractivity contribution is 5.85. The molecule has 0 heterocycles. The molecule has 0 aromatic rings. The first-order chi connectivity index (χ1) is 1.41. The predicted molar refractivity (Wildman–Crippen MR) is 17.1 cm³/mol. The Morgan fingerprint density at radius 1 is 1.75 bits per heavy atom. The van der Waals surface area contributed by atoms with Gasteiger partial charge in [-0.05, 0) is 0 Å². The van der Waals surface area contributed by atoms with Gasteiger partial charge in [0.15, 0.2) is 0 Å². The van der Waals surface area contributed by atoms with Crippen molar-refractivity contribution in [1.82, 2.24) is 0 Å². The lowest BCUT2D eigenvalue weighted by atomic mass is 11.7. The van der Waals surface area contributed by atoms with Crippen LogP contribution in [0.5, 0.6) is 0 Å². The molecule has 0 saturated carbocycles. The van der Waals surface area contributed by atoms with Crippen LogP contribution in [-0.2, 0) is 4.84 Å². The predicted octanol–water partition coefficient (Wildman–Crippen LogP) is -0.788. The summed E-state index contributed by atoms with van der Waals surface area (Å²) in [5.74, 6) is 2.99. The Morgan fingerprint density at radius 2 is 1.75 bits per heavy atom. The highest BCUT2D eigenvalue weighted by atomic mass is 35.5. The second-order valence-corrected chi connectivity index (χ2v) is 0.289. The lowest BCUT2D eigenvalue weighted by Crippen LogP contribution is -2.46. The first-order valence-corrected chi connectivity index (χ1v) is 0.697. The Bertz CT molecular complexity index is 8.00. The van der Waals surface area contributed by atoms with E-state index >= 15 is 0 Å². The number of quaternary nitrogens is 1. The zero-order valence-electron chi connectivity index (χ0n) is 2.52. The molecule has 3 heteroatoms. The molecule has 0 aromatic carbocycles. The van der Waals surface area contributed by atoms with E-state index in [0.29, 0.717) is 0 Å². The molecular weight excluding hydrogens is 77.5 g/mol. The lowest BCUT2D eigenvalue weighted by Gasteiger charge is -1.56. The molecule has 2 nitrogen and oxygen atoms in total. The average Bonchev–Trinajstić information content (AvgIpc) is 0.918. The Hall–Kier alpha value is 0.210. The maximum Gasteiger partial charge on any atom is 0.0951 e. The second-order valence-electron chi connectivity index (χ2n) is 0.289. The minimum Gasteiger partial charge on any atom is -0.213 e. The van der Waals surface area contributed by atoms with Crippen molar-refractivity contribution in [3.05, 3.63) is 0 Å². The molecule has 0 fully saturated rings. The van der Waals surface area contributed by atoms with Crippen molar-refractivity contribution >= 4 is 12.4 Å². The Labute approximate surface area is 31.3 Å². The van der Waals surface area contributed by atoms with Crippen LogP contribution in [0.25, 0.3) is 0 Å². The minimum absolute atomic E-state index is 0.